The first-order chi connectivity index (χ1) is 21.3. The highest BCUT2D eigenvalue weighted by Crippen LogP contribution is 2.47. The highest BCUT2D eigenvalue weighted by molar-refractivity contribution is 6.18. The zero-order chi connectivity index (χ0) is 32.6. The number of nitrogens with one attached hydrogen (secondary N) is 2. The van der Waals surface area contributed by atoms with Crippen molar-refractivity contribution >= 4 is 46.4 Å². The number of methoxy groups -OCH3 is 1. The van der Waals surface area contributed by atoms with Gasteiger partial charge in [0.25, 0.3) is 0 Å². The molecule has 4 atom stereocenters. The largest absolute Gasteiger partial charge is 0.469 e. The summed E-state index contributed by atoms with van der Waals surface area (Å²) in [5, 5.41) is 23.5. The van der Waals surface area contributed by atoms with Crippen molar-refractivity contribution < 1.29 is 38.9 Å². The Balaban J connectivity index is 1.79. The van der Waals surface area contributed by atoms with Crippen LogP contribution >= 0.6 is 0 Å². The zero-order valence-corrected chi connectivity index (χ0v) is 25.8. The SMILES string of the molecule is CC[C@@]1(O)c2cc3[nH]c4c(c5[nH]c(cc6nc(cc(n2)[C@]1(C)O)C(C=O)=C6C)[C@@H](C)[C@@H]5CCC(=O)OC)C(=O)OC(=O)c4c3C. The van der Waals surface area contributed by atoms with Crippen LogP contribution in [-0.4, -0.2) is 61.5 Å². The van der Waals surface area contributed by atoms with Gasteiger partial charge in [-0.15, -0.1) is 0 Å². The van der Waals surface area contributed by atoms with Crippen molar-refractivity contribution in [3.05, 3.63) is 69.1 Å². The Morgan fingerprint density at radius 3 is 2.44 bits per heavy atom. The van der Waals surface area contributed by atoms with Gasteiger partial charge in [0.15, 0.2) is 6.29 Å². The molecule has 4 aliphatic rings. The van der Waals surface area contributed by atoms with E-state index in [1.54, 1.807) is 32.9 Å². The molecule has 2 aromatic heterocycles. The van der Waals surface area contributed by atoms with Crippen molar-refractivity contribution in [2.75, 3.05) is 7.11 Å². The second-order valence-corrected chi connectivity index (χ2v) is 12.1. The Morgan fingerprint density at radius 1 is 1.07 bits per heavy atom. The van der Waals surface area contributed by atoms with Crippen LogP contribution in [0.5, 0.6) is 0 Å². The van der Waals surface area contributed by atoms with E-state index in [0.717, 1.165) is 0 Å². The lowest BCUT2D eigenvalue weighted by atomic mass is 9.80. The summed E-state index contributed by atoms with van der Waals surface area (Å²) in [7, 11) is 1.31. The fourth-order valence-corrected chi connectivity index (χ4v) is 6.81. The van der Waals surface area contributed by atoms with E-state index in [4.69, 9.17) is 14.5 Å². The Bertz CT molecular complexity index is 1930. The minimum Gasteiger partial charge on any atom is -0.469 e. The number of aryl methyl sites for hydroxylation is 1. The molecule has 12 heteroatoms. The summed E-state index contributed by atoms with van der Waals surface area (Å²) in [6, 6.07) is 4.82. The number of hydrogen-bond acceptors (Lipinski definition) is 10. The Morgan fingerprint density at radius 2 is 1.78 bits per heavy atom. The molecule has 0 aliphatic carbocycles. The molecule has 0 radical (unpaired) electrons. The second-order valence-electron chi connectivity index (χ2n) is 12.1. The standard InChI is InChI=1S/C33H34N4O8/c1-7-33(43)24-11-21-16(4)26-29(36-21)27(31(41)45-30(26)40)28-17(8-9-25(39)44-6)14(2)20(35-28)10-19-15(3)18(13-38)22(34-19)12-23(37-24)32(33,5)42/h10-14,17,35-36,42-43H,7-9H2,1-6H3/t14-,17-,32-,33+/m0/s1. The van der Waals surface area contributed by atoms with Gasteiger partial charge in [-0.05, 0) is 62.9 Å². The van der Waals surface area contributed by atoms with Crippen LogP contribution in [0.3, 0.4) is 0 Å². The van der Waals surface area contributed by atoms with Crippen LogP contribution < -0.4 is 0 Å². The number of aldehydes is 1. The number of esters is 3. The molecule has 4 N–H and O–H groups in total. The number of hydrogen-bond donors (Lipinski definition) is 4. The fourth-order valence-electron chi connectivity index (χ4n) is 6.81. The van der Waals surface area contributed by atoms with Crippen LogP contribution in [0.1, 0.15) is 119 Å². The number of carbonyl (C=O) groups is 4. The van der Waals surface area contributed by atoms with Crippen LogP contribution in [-0.2, 0) is 30.3 Å². The molecule has 0 unspecified atom stereocenters. The summed E-state index contributed by atoms with van der Waals surface area (Å²) < 4.78 is 10.1. The van der Waals surface area contributed by atoms with Crippen LogP contribution in [0.15, 0.2) is 18.2 Å². The Hall–Kier alpha value is -4.68. The second kappa shape index (κ2) is 10.5. The summed E-state index contributed by atoms with van der Waals surface area (Å²) in [4.78, 5) is 66.9. The van der Waals surface area contributed by atoms with Crippen molar-refractivity contribution in [3.63, 3.8) is 0 Å². The van der Waals surface area contributed by atoms with Gasteiger partial charge < -0.3 is 29.7 Å². The van der Waals surface area contributed by atoms with Gasteiger partial charge in [0, 0.05) is 40.7 Å². The monoisotopic (exact) mass is 614 g/mol. The van der Waals surface area contributed by atoms with Gasteiger partial charge in [-0.1, -0.05) is 13.8 Å². The number of fused-ring (bicyclic) bond motifs is 8. The maximum absolute atomic E-state index is 13.5. The van der Waals surface area contributed by atoms with Gasteiger partial charge in [0.2, 0.25) is 0 Å². The van der Waals surface area contributed by atoms with Crippen LogP contribution in [0, 0.1) is 6.92 Å². The van der Waals surface area contributed by atoms with E-state index in [1.807, 2.05) is 6.92 Å². The van der Waals surface area contributed by atoms with E-state index in [9.17, 15) is 29.4 Å². The van der Waals surface area contributed by atoms with Crippen molar-refractivity contribution in [1.29, 1.82) is 0 Å². The number of aromatic amines is 2. The van der Waals surface area contributed by atoms with E-state index >= 15 is 0 Å². The topological polar surface area (TPSA) is 185 Å². The highest BCUT2D eigenvalue weighted by Gasteiger charge is 2.53. The third kappa shape index (κ3) is 4.34. The number of aromatic nitrogens is 4. The molecule has 0 saturated heterocycles. The van der Waals surface area contributed by atoms with E-state index in [1.165, 1.54) is 20.1 Å². The number of cyclic esters (lactones) is 2. The molecule has 6 rings (SSSR count). The van der Waals surface area contributed by atoms with Crippen molar-refractivity contribution in [2.24, 2.45) is 0 Å². The third-order valence-corrected chi connectivity index (χ3v) is 9.78. The first-order valence-corrected chi connectivity index (χ1v) is 14.8. The molecule has 6 heterocycles. The molecule has 8 bridgehead atoms. The minimum atomic E-state index is -1.86. The first kappa shape index (κ1) is 30.4. The summed E-state index contributed by atoms with van der Waals surface area (Å²) in [6.07, 6.45) is 1.18. The summed E-state index contributed by atoms with van der Waals surface area (Å²) in [5.41, 5.74) is 0.623. The van der Waals surface area contributed by atoms with E-state index in [2.05, 4.69) is 15.0 Å². The van der Waals surface area contributed by atoms with E-state index < -0.39 is 29.1 Å². The molecular formula is C33H34N4O8. The quantitative estimate of drug-likeness (QED) is 0.217. The van der Waals surface area contributed by atoms with Crippen molar-refractivity contribution in [3.8, 4) is 0 Å². The van der Waals surface area contributed by atoms with Crippen LogP contribution in [0.2, 0.25) is 0 Å². The van der Waals surface area contributed by atoms with Crippen molar-refractivity contribution in [2.45, 2.75) is 76.9 Å². The maximum atomic E-state index is 13.5. The molecular weight excluding hydrogens is 580 g/mol. The van der Waals surface area contributed by atoms with Crippen LogP contribution in [0.25, 0.3) is 22.2 Å². The number of aliphatic hydroxyl groups is 2. The van der Waals surface area contributed by atoms with Gasteiger partial charge in [-0.3, -0.25) is 14.6 Å². The average molecular weight is 615 g/mol. The third-order valence-electron chi connectivity index (χ3n) is 9.78. The number of ether oxygens (including phenoxy) is 2. The number of carbonyl (C=O) groups excluding carboxylic acids is 4. The molecule has 0 fully saturated rings. The van der Waals surface area contributed by atoms with Gasteiger partial charge in [0.1, 0.15) is 16.8 Å². The predicted molar refractivity (Wildman–Crippen MR) is 162 cm³/mol. The summed E-state index contributed by atoms with van der Waals surface area (Å²) in [6.45, 7) is 8.54. The van der Waals surface area contributed by atoms with Crippen molar-refractivity contribution in [1.82, 2.24) is 19.9 Å². The highest BCUT2D eigenvalue weighted by atomic mass is 16.6. The lowest BCUT2D eigenvalue weighted by Gasteiger charge is -2.34. The summed E-state index contributed by atoms with van der Waals surface area (Å²) in [5.74, 6) is -2.72. The lowest BCUT2D eigenvalue weighted by molar-refractivity contribution is -0.149. The molecule has 4 aliphatic heterocycles. The number of rotatable bonds is 5. The molecule has 12 nitrogen and oxygen atoms in total. The molecule has 0 spiro atoms. The maximum Gasteiger partial charge on any atom is 0.349 e. The smallest absolute Gasteiger partial charge is 0.349 e. The molecule has 0 saturated carbocycles. The first-order valence-electron chi connectivity index (χ1n) is 14.8. The molecule has 45 heavy (non-hydrogen) atoms. The minimum absolute atomic E-state index is 0.0802. The van der Waals surface area contributed by atoms with Gasteiger partial charge in [-0.2, -0.15) is 0 Å². The predicted octanol–water partition coefficient (Wildman–Crippen LogP) is 4.13. The normalized spacial score (nSPS) is 24.8. The Kier molecular flexibility index (Phi) is 7.05. The zero-order valence-electron chi connectivity index (χ0n) is 25.8. The average Bonchev–Trinajstić information content (AvgIpc) is 3.64. The molecule has 0 amide bonds. The number of nitrogens with zero attached hydrogens (tertiary/aromatic N) is 2. The van der Waals surface area contributed by atoms with Crippen LogP contribution in [0.4, 0.5) is 0 Å². The van der Waals surface area contributed by atoms with Gasteiger partial charge in [0.05, 0.1) is 41.0 Å². The lowest BCUT2D eigenvalue weighted by Crippen LogP contribution is -2.43. The number of H-pyrrole nitrogens is 2. The van der Waals surface area contributed by atoms with Gasteiger partial charge >= 0.3 is 17.9 Å². The van der Waals surface area contributed by atoms with E-state index in [0.29, 0.717) is 52.0 Å². The number of allylic oxidation sites excluding steroid dienone is 2. The summed E-state index contributed by atoms with van der Waals surface area (Å²) >= 11 is 0. The molecule has 234 valence electrons. The molecule has 2 aromatic rings. The van der Waals surface area contributed by atoms with E-state index in [-0.39, 0.29) is 58.4 Å². The Labute approximate surface area is 258 Å². The molecule has 0 aromatic carbocycles. The van der Waals surface area contributed by atoms with Gasteiger partial charge in [-0.25, -0.2) is 14.6 Å². The fraction of sp³-hybridized carbons (Fsp3) is 0.394.